The van der Waals surface area contributed by atoms with Crippen molar-refractivity contribution in [1.82, 2.24) is 4.98 Å². The van der Waals surface area contributed by atoms with Crippen molar-refractivity contribution >= 4 is 11.9 Å². The van der Waals surface area contributed by atoms with Crippen LogP contribution in [0.3, 0.4) is 0 Å². The number of hydrogen-bond donors (Lipinski definition) is 1. The first-order chi connectivity index (χ1) is 9.56. The maximum atomic E-state index is 11.7. The number of aromatic amines is 1. The number of esters is 2. The monoisotopic (exact) mass is 279 g/mol. The van der Waals surface area contributed by atoms with Crippen molar-refractivity contribution in [3.8, 4) is 5.75 Å². The lowest BCUT2D eigenvalue weighted by atomic mass is 10.2. The zero-order valence-corrected chi connectivity index (χ0v) is 12.0. The average Bonchev–Trinajstić information content (AvgIpc) is 2.86. The molecule has 0 bridgehead atoms. The normalized spacial score (nSPS) is 10.1. The van der Waals surface area contributed by atoms with E-state index in [-0.39, 0.29) is 12.0 Å². The molecule has 0 aliphatic heterocycles. The molecule has 0 spiro atoms. The van der Waals surface area contributed by atoms with Gasteiger partial charge in [-0.1, -0.05) is 26.8 Å². The van der Waals surface area contributed by atoms with Crippen LogP contribution in [0.25, 0.3) is 0 Å². The number of aromatic nitrogens is 1. The van der Waals surface area contributed by atoms with Crippen molar-refractivity contribution in [3.05, 3.63) is 30.1 Å². The van der Waals surface area contributed by atoms with Gasteiger partial charge in [0.15, 0.2) is 0 Å². The van der Waals surface area contributed by atoms with Crippen LogP contribution in [0.4, 0.5) is 0 Å². The number of nitrogens with one attached hydrogen (secondary N) is 1. The highest BCUT2D eigenvalue weighted by Gasteiger charge is 2.15. The molecular weight excluding hydrogens is 258 g/mol. The summed E-state index contributed by atoms with van der Waals surface area (Å²) in [5, 5.41) is 0. The Bertz CT molecular complexity index is 476. The molecule has 0 aliphatic rings. The van der Waals surface area contributed by atoms with E-state index in [0.29, 0.717) is 12.4 Å². The molecule has 0 aliphatic carbocycles. The molecule has 0 amide bonds. The lowest BCUT2D eigenvalue weighted by molar-refractivity contribution is -0.142. The molecular formula is C15H21NO4. The van der Waals surface area contributed by atoms with E-state index in [2.05, 4.69) is 11.6 Å². The number of unbranched alkanes of at least 4 members (excludes halogenated alkanes) is 1. The number of carbonyl (C=O) groups excluding carboxylic acids is 2. The first-order valence-electron chi connectivity index (χ1n) is 6.79. The van der Waals surface area contributed by atoms with Crippen LogP contribution in [0, 0.1) is 0 Å². The molecule has 0 unspecified atom stereocenters. The molecule has 5 nitrogen and oxygen atoms in total. The molecule has 0 fully saturated rings. The van der Waals surface area contributed by atoms with Crippen LogP contribution in [0.2, 0.25) is 0 Å². The Hall–Kier alpha value is -2.04. The zero-order valence-electron chi connectivity index (χ0n) is 12.0. The summed E-state index contributed by atoms with van der Waals surface area (Å²) in [4.78, 5) is 26.2. The summed E-state index contributed by atoms with van der Waals surface area (Å²) in [6.45, 7) is 7.89. The van der Waals surface area contributed by atoms with E-state index in [4.69, 9.17) is 9.47 Å². The topological polar surface area (TPSA) is 68.4 Å². The molecule has 1 heterocycles. The van der Waals surface area contributed by atoms with Gasteiger partial charge in [-0.05, 0) is 12.8 Å². The third kappa shape index (κ3) is 5.30. The van der Waals surface area contributed by atoms with E-state index in [9.17, 15) is 9.59 Å². The van der Waals surface area contributed by atoms with E-state index >= 15 is 0 Å². The number of hydrogen-bond acceptors (Lipinski definition) is 4. The van der Waals surface area contributed by atoms with E-state index < -0.39 is 11.9 Å². The van der Waals surface area contributed by atoms with Crippen molar-refractivity contribution in [3.63, 3.8) is 0 Å². The van der Waals surface area contributed by atoms with Crippen molar-refractivity contribution in [1.29, 1.82) is 0 Å². The highest BCUT2D eigenvalue weighted by Crippen LogP contribution is 2.14. The summed E-state index contributed by atoms with van der Waals surface area (Å²) >= 11 is 0. The van der Waals surface area contributed by atoms with E-state index in [1.54, 1.807) is 12.3 Å². The molecule has 110 valence electrons. The lowest BCUT2D eigenvalue weighted by Gasteiger charge is -2.06. The number of H-pyrrole nitrogens is 1. The maximum absolute atomic E-state index is 11.7. The van der Waals surface area contributed by atoms with Gasteiger partial charge in [-0.3, -0.25) is 4.79 Å². The number of rotatable bonds is 8. The first kappa shape index (κ1) is 16.0. The van der Waals surface area contributed by atoms with Crippen molar-refractivity contribution in [2.75, 3.05) is 6.61 Å². The van der Waals surface area contributed by atoms with Crippen LogP contribution in [-0.2, 0) is 20.7 Å². The fraction of sp³-hybridized carbons (Fsp3) is 0.467. The molecule has 20 heavy (non-hydrogen) atoms. The predicted molar refractivity (Wildman–Crippen MR) is 75.4 cm³/mol. The van der Waals surface area contributed by atoms with E-state index in [1.807, 2.05) is 13.8 Å². The summed E-state index contributed by atoms with van der Waals surface area (Å²) in [5.41, 5.74) is 1.09. The summed E-state index contributed by atoms with van der Waals surface area (Å²) in [5.74, 6) is -0.623. The van der Waals surface area contributed by atoms with Gasteiger partial charge in [-0.25, -0.2) is 4.79 Å². The molecule has 5 heteroatoms. The van der Waals surface area contributed by atoms with Crippen molar-refractivity contribution in [2.45, 2.75) is 39.5 Å². The summed E-state index contributed by atoms with van der Waals surface area (Å²) in [7, 11) is 0. The largest absolute Gasteiger partial charge is 0.462 e. The first-order valence-corrected chi connectivity index (χ1v) is 6.79. The van der Waals surface area contributed by atoms with Gasteiger partial charge in [-0.15, -0.1) is 0 Å². The molecule has 0 atom stereocenters. The minimum absolute atomic E-state index is 0.109. The molecule has 1 aromatic heterocycles. The van der Waals surface area contributed by atoms with E-state index in [0.717, 1.165) is 25.0 Å². The number of aryl methyl sites for hydroxylation is 1. The molecule has 1 aromatic rings. The molecule has 0 saturated carbocycles. The standard InChI is InChI=1S/C15H21NO4/c1-4-6-7-19-15(18)11(3)8-14(17)20-13-9-12(5-2)16-10-13/h9-10,16H,3-8H2,1-2H3. The molecule has 0 saturated heterocycles. The van der Waals surface area contributed by atoms with Crippen LogP contribution >= 0.6 is 0 Å². The van der Waals surface area contributed by atoms with Crippen molar-refractivity contribution < 1.29 is 19.1 Å². The second kappa shape index (κ2) is 8.19. The summed E-state index contributed by atoms with van der Waals surface area (Å²) < 4.78 is 10.1. The summed E-state index contributed by atoms with van der Waals surface area (Å²) in [6, 6.07) is 1.75. The third-order valence-corrected chi connectivity index (χ3v) is 2.71. The Morgan fingerprint density at radius 2 is 2.10 bits per heavy atom. The van der Waals surface area contributed by atoms with Crippen LogP contribution < -0.4 is 4.74 Å². The fourth-order valence-corrected chi connectivity index (χ4v) is 1.51. The quantitative estimate of drug-likeness (QED) is 0.451. The second-order valence-corrected chi connectivity index (χ2v) is 4.46. The van der Waals surface area contributed by atoms with Gasteiger partial charge in [0.05, 0.1) is 13.0 Å². The third-order valence-electron chi connectivity index (χ3n) is 2.71. The number of ether oxygens (including phenoxy) is 2. The lowest BCUT2D eigenvalue weighted by Crippen LogP contribution is -2.15. The van der Waals surface area contributed by atoms with Gasteiger partial charge in [0, 0.05) is 23.5 Å². The Morgan fingerprint density at radius 3 is 2.70 bits per heavy atom. The van der Waals surface area contributed by atoms with Crippen molar-refractivity contribution in [2.24, 2.45) is 0 Å². The zero-order chi connectivity index (χ0) is 15.0. The maximum Gasteiger partial charge on any atom is 0.333 e. The highest BCUT2D eigenvalue weighted by molar-refractivity contribution is 5.93. The van der Waals surface area contributed by atoms with E-state index in [1.165, 1.54) is 0 Å². The average molecular weight is 279 g/mol. The van der Waals surface area contributed by atoms with Gasteiger partial charge in [0.2, 0.25) is 0 Å². The van der Waals surface area contributed by atoms with Gasteiger partial charge in [-0.2, -0.15) is 0 Å². The Balaban J connectivity index is 2.37. The van der Waals surface area contributed by atoms with Gasteiger partial charge in [0.25, 0.3) is 0 Å². The predicted octanol–water partition coefficient (Wildman–Crippen LogP) is 2.77. The van der Waals surface area contributed by atoms with Crippen LogP contribution in [0.1, 0.15) is 38.8 Å². The molecule has 1 rings (SSSR count). The van der Waals surface area contributed by atoms with Crippen LogP contribution in [-0.4, -0.2) is 23.5 Å². The highest BCUT2D eigenvalue weighted by atomic mass is 16.5. The minimum atomic E-state index is -0.543. The van der Waals surface area contributed by atoms with Gasteiger partial charge in [0.1, 0.15) is 5.75 Å². The van der Waals surface area contributed by atoms with Gasteiger partial charge >= 0.3 is 11.9 Å². The molecule has 1 N–H and O–H groups in total. The Morgan fingerprint density at radius 1 is 1.35 bits per heavy atom. The van der Waals surface area contributed by atoms with Crippen LogP contribution in [0.5, 0.6) is 5.75 Å². The second-order valence-electron chi connectivity index (χ2n) is 4.46. The summed E-state index contributed by atoms with van der Waals surface area (Å²) in [6.07, 6.45) is 4.01. The van der Waals surface area contributed by atoms with Gasteiger partial charge < -0.3 is 14.5 Å². The molecule has 0 radical (unpaired) electrons. The molecule has 0 aromatic carbocycles. The SMILES string of the molecule is C=C(CC(=O)Oc1c[nH]c(CC)c1)C(=O)OCCCC. The number of carbonyl (C=O) groups is 2. The van der Waals surface area contributed by atoms with Crippen LogP contribution in [0.15, 0.2) is 24.4 Å². The minimum Gasteiger partial charge on any atom is -0.462 e. The fourth-order valence-electron chi connectivity index (χ4n) is 1.51. The Kier molecular flexibility index (Phi) is 6.56. The smallest absolute Gasteiger partial charge is 0.333 e. The Labute approximate surface area is 119 Å².